The zero-order valence-electron chi connectivity index (χ0n) is 14.6. The predicted molar refractivity (Wildman–Crippen MR) is 91.9 cm³/mol. The third-order valence-corrected chi connectivity index (χ3v) is 4.95. The molecule has 0 atom stereocenters. The monoisotopic (exact) mass is 331 g/mol. The molecular weight excluding hydrogens is 306 g/mol. The number of fused-ring (bicyclic) bond motifs is 1. The lowest BCUT2D eigenvalue weighted by Gasteiger charge is -2.31. The molecule has 1 saturated carbocycles. The summed E-state index contributed by atoms with van der Waals surface area (Å²) in [5, 5.41) is 4.34. The molecule has 1 aliphatic carbocycles. The van der Waals surface area contributed by atoms with Crippen LogP contribution in [0.2, 0.25) is 0 Å². The van der Waals surface area contributed by atoms with Gasteiger partial charge >= 0.3 is 0 Å². The molecule has 1 fully saturated rings. The smallest absolute Gasteiger partial charge is 0.277 e. The molecule has 0 aromatic carbocycles. The maximum absolute atomic E-state index is 12.5. The number of likely N-dealkylation sites (N-methyl/N-ethyl adjacent to an activating group) is 1. The Morgan fingerprint density at radius 2 is 2.04 bits per heavy atom. The Labute approximate surface area is 141 Å². The Balaban J connectivity index is 1.83. The van der Waals surface area contributed by atoms with Crippen molar-refractivity contribution in [3.63, 3.8) is 0 Å². The van der Waals surface area contributed by atoms with Crippen molar-refractivity contribution in [1.29, 1.82) is 0 Å². The molecule has 7 heteroatoms. The second kappa shape index (κ2) is 6.75. The summed E-state index contributed by atoms with van der Waals surface area (Å²) < 4.78 is 1.65. The second-order valence-electron chi connectivity index (χ2n) is 6.58. The second-order valence-corrected chi connectivity index (χ2v) is 6.58. The number of aromatic nitrogens is 4. The summed E-state index contributed by atoms with van der Waals surface area (Å²) in [4.78, 5) is 34.0. The number of aromatic amines is 1. The zero-order chi connectivity index (χ0) is 17.3. The van der Waals surface area contributed by atoms with Gasteiger partial charge < -0.3 is 9.88 Å². The molecule has 130 valence electrons. The van der Waals surface area contributed by atoms with Crippen molar-refractivity contribution in [2.45, 2.75) is 65.0 Å². The van der Waals surface area contributed by atoms with Gasteiger partial charge in [0.2, 0.25) is 5.91 Å². The van der Waals surface area contributed by atoms with Crippen molar-refractivity contribution in [2.24, 2.45) is 0 Å². The SMILES string of the molecule is CCn1nc(C)c2nc(CC(=O)N(C)C3CCCCC3)[nH]c(=O)c21. The first kappa shape index (κ1) is 16.7. The third kappa shape index (κ3) is 3.07. The van der Waals surface area contributed by atoms with Crippen LogP contribution in [0.3, 0.4) is 0 Å². The summed E-state index contributed by atoms with van der Waals surface area (Å²) in [7, 11) is 1.86. The number of carbonyl (C=O) groups excluding carboxylic acids is 1. The fourth-order valence-corrected chi connectivity index (χ4v) is 3.54. The number of nitrogens with zero attached hydrogens (tertiary/aromatic N) is 4. The standard InChI is InChI=1S/C17H25N5O2/c1-4-22-16-15(11(2)20-22)18-13(19-17(16)24)10-14(23)21(3)12-8-6-5-7-9-12/h12H,4-10H2,1-3H3,(H,18,19,24). The van der Waals surface area contributed by atoms with E-state index in [-0.39, 0.29) is 17.9 Å². The van der Waals surface area contributed by atoms with E-state index in [1.807, 2.05) is 25.8 Å². The number of amides is 1. The van der Waals surface area contributed by atoms with Crippen LogP contribution in [-0.4, -0.2) is 43.6 Å². The average molecular weight is 331 g/mol. The largest absolute Gasteiger partial charge is 0.342 e. The van der Waals surface area contributed by atoms with Gasteiger partial charge in [-0.15, -0.1) is 0 Å². The first-order valence-electron chi connectivity index (χ1n) is 8.73. The van der Waals surface area contributed by atoms with Crippen LogP contribution in [0.5, 0.6) is 0 Å². The van der Waals surface area contributed by atoms with Crippen molar-refractivity contribution in [1.82, 2.24) is 24.6 Å². The van der Waals surface area contributed by atoms with Crippen LogP contribution in [-0.2, 0) is 17.8 Å². The maximum Gasteiger partial charge on any atom is 0.277 e. The van der Waals surface area contributed by atoms with Gasteiger partial charge in [0.05, 0.1) is 12.1 Å². The first-order valence-corrected chi connectivity index (χ1v) is 8.73. The van der Waals surface area contributed by atoms with Crippen molar-refractivity contribution in [3.05, 3.63) is 21.9 Å². The Morgan fingerprint density at radius 3 is 2.71 bits per heavy atom. The normalized spacial score (nSPS) is 15.8. The van der Waals surface area contributed by atoms with Gasteiger partial charge in [-0.2, -0.15) is 5.10 Å². The van der Waals surface area contributed by atoms with E-state index >= 15 is 0 Å². The van der Waals surface area contributed by atoms with Crippen molar-refractivity contribution < 1.29 is 4.79 Å². The van der Waals surface area contributed by atoms with Crippen molar-refractivity contribution >= 4 is 16.9 Å². The van der Waals surface area contributed by atoms with Crippen LogP contribution in [0, 0.1) is 6.92 Å². The predicted octanol–water partition coefficient (Wildman–Crippen LogP) is 1.78. The summed E-state index contributed by atoms with van der Waals surface area (Å²) in [6, 6.07) is 0.311. The van der Waals surface area contributed by atoms with Crippen molar-refractivity contribution in [3.8, 4) is 0 Å². The molecule has 1 aliphatic rings. The maximum atomic E-state index is 12.5. The lowest BCUT2D eigenvalue weighted by atomic mass is 9.94. The average Bonchev–Trinajstić information content (AvgIpc) is 2.91. The minimum atomic E-state index is -0.231. The van der Waals surface area contributed by atoms with Gasteiger partial charge in [-0.05, 0) is 26.7 Å². The number of hydrogen-bond acceptors (Lipinski definition) is 4. The van der Waals surface area contributed by atoms with Crippen LogP contribution in [0.15, 0.2) is 4.79 Å². The van der Waals surface area contributed by atoms with E-state index in [1.165, 1.54) is 19.3 Å². The highest BCUT2D eigenvalue weighted by molar-refractivity contribution is 5.80. The third-order valence-electron chi connectivity index (χ3n) is 4.95. The lowest BCUT2D eigenvalue weighted by molar-refractivity contribution is -0.131. The molecule has 3 rings (SSSR count). The minimum absolute atomic E-state index is 0.00457. The molecule has 1 N–H and O–H groups in total. The number of carbonyl (C=O) groups is 1. The summed E-state index contributed by atoms with van der Waals surface area (Å²) in [6.45, 7) is 4.38. The summed E-state index contributed by atoms with van der Waals surface area (Å²) in [5.41, 5.74) is 1.55. The van der Waals surface area contributed by atoms with Gasteiger partial charge in [-0.1, -0.05) is 19.3 Å². The van der Waals surface area contributed by atoms with Crippen LogP contribution < -0.4 is 5.56 Å². The molecule has 2 aromatic rings. The Morgan fingerprint density at radius 1 is 1.33 bits per heavy atom. The van der Waals surface area contributed by atoms with Crippen LogP contribution >= 0.6 is 0 Å². The number of H-pyrrole nitrogens is 1. The van der Waals surface area contributed by atoms with Crippen molar-refractivity contribution in [2.75, 3.05) is 7.05 Å². The quantitative estimate of drug-likeness (QED) is 0.925. The zero-order valence-corrected chi connectivity index (χ0v) is 14.6. The van der Waals surface area contributed by atoms with E-state index in [0.29, 0.717) is 35.1 Å². The van der Waals surface area contributed by atoms with Gasteiger partial charge in [0.25, 0.3) is 5.56 Å². The highest BCUT2D eigenvalue weighted by atomic mass is 16.2. The van der Waals surface area contributed by atoms with Gasteiger partial charge in [0.1, 0.15) is 11.3 Å². The van der Waals surface area contributed by atoms with E-state index in [2.05, 4.69) is 15.1 Å². The summed E-state index contributed by atoms with van der Waals surface area (Å²) >= 11 is 0. The number of hydrogen-bond donors (Lipinski definition) is 1. The molecule has 0 radical (unpaired) electrons. The van der Waals surface area contributed by atoms with Gasteiger partial charge in [-0.3, -0.25) is 14.3 Å². The van der Waals surface area contributed by atoms with Crippen LogP contribution in [0.1, 0.15) is 50.5 Å². The number of rotatable bonds is 4. The molecule has 24 heavy (non-hydrogen) atoms. The highest BCUT2D eigenvalue weighted by Gasteiger charge is 2.23. The Hall–Kier alpha value is -2.18. The lowest BCUT2D eigenvalue weighted by Crippen LogP contribution is -2.39. The fraction of sp³-hybridized carbons (Fsp3) is 0.647. The molecule has 7 nitrogen and oxygen atoms in total. The van der Waals surface area contributed by atoms with Gasteiger partial charge in [0.15, 0.2) is 5.52 Å². The molecule has 0 aliphatic heterocycles. The van der Waals surface area contributed by atoms with Gasteiger partial charge in [0, 0.05) is 19.6 Å². The molecule has 0 unspecified atom stereocenters. The molecule has 2 aromatic heterocycles. The van der Waals surface area contributed by atoms with E-state index in [1.54, 1.807) is 4.68 Å². The first-order chi connectivity index (χ1) is 11.5. The molecular formula is C17H25N5O2. The van der Waals surface area contributed by atoms with Crippen LogP contribution in [0.4, 0.5) is 0 Å². The van der Waals surface area contributed by atoms with E-state index in [9.17, 15) is 9.59 Å². The number of aryl methyl sites for hydroxylation is 2. The van der Waals surface area contributed by atoms with E-state index in [0.717, 1.165) is 12.8 Å². The minimum Gasteiger partial charge on any atom is -0.342 e. The molecule has 2 heterocycles. The highest BCUT2D eigenvalue weighted by Crippen LogP contribution is 2.22. The van der Waals surface area contributed by atoms with Gasteiger partial charge in [-0.25, -0.2) is 4.98 Å². The molecule has 0 spiro atoms. The molecule has 0 saturated heterocycles. The Bertz CT molecular complexity index is 801. The Kier molecular flexibility index (Phi) is 4.69. The van der Waals surface area contributed by atoms with E-state index < -0.39 is 0 Å². The molecule has 1 amide bonds. The number of nitrogens with one attached hydrogen (secondary N) is 1. The topological polar surface area (TPSA) is 83.9 Å². The van der Waals surface area contributed by atoms with Crippen LogP contribution in [0.25, 0.3) is 11.0 Å². The fourth-order valence-electron chi connectivity index (χ4n) is 3.54. The summed E-state index contributed by atoms with van der Waals surface area (Å²) in [6.07, 6.45) is 5.86. The van der Waals surface area contributed by atoms with E-state index in [4.69, 9.17) is 0 Å². The molecule has 0 bridgehead atoms. The summed E-state index contributed by atoms with van der Waals surface area (Å²) in [5.74, 6) is 0.420.